The van der Waals surface area contributed by atoms with Gasteiger partial charge in [0, 0.05) is 10.6 Å². The molecular formula is C24H21ClN4OS2. The van der Waals surface area contributed by atoms with E-state index >= 15 is 0 Å². The average molecular weight is 481 g/mol. The van der Waals surface area contributed by atoms with Crippen molar-refractivity contribution >= 4 is 46.7 Å². The van der Waals surface area contributed by atoms with Gasteiger partial charge in [-0.25, -0.2) is 0 Å². The van der Waals surface area contributed by atoms with Crippen LogP contribution in [0.2, 0.25) is 5.02 Å². The molecule has 1 heterocycles. The van der Waals surface area contributed by atoms with Gasteiger partial charge in [0.2, 0.25) is 5.91 Å². The van der Waals surface area contributed by atoms with Crippen LogP contribution in [0.1, 0.15) is 11.4 Å². The Hall–Kier alpha value is -2.74. The van der Waals surface area contributed by atoms with Crippen molar-refractivity contribution in [2.24, 2.45) is 0 Å². The fourth-order valence-electron chi connectivity index (χ4n) is 2.99. The van der Waals surface area contributed by atoms with Crippen molar-refractivity contribution in [1.29, 1.82) is 0 Å². The van der Waals surface area contributed by atoms with Crippen LogP contribution in [0, 0.1) is 6.92 Å². The van der Waals surface area contributed by atoms with Gasteiger partial charge >= 0.3 is 0 Å². The molecule has 5 nitrogen and oxygen atoms in total. The first-order valence-corrected chi connectivity index (χ1v) is 12.3. The summed E-state index contributed by atoms with van der Waals surface area (Å²) in [4.78, 5) is 13.7. The molecule has 0 saturated heterocycles. The van der Waals surface area contributed by atoms with Gasteiger partial charge in [0.05, 0.1) is 22.2 Å². The number of carbonyl (C=O) groups excluding carboxylic acids is 1. The van der Waals surface area contributed by atoms with E-state index in [0.717, 1.165) is 11.5 Å². The number of para-hydroxylation sites is 2. The van der Waals surface area contributed by atoms with Crippen molar-refractivity contribution in [1.82, 2.24) is 14.8 Å². The second kappa shape index (κ2) is 10.7. The highest BCUT2D eigenvalue weighted by atomic mass is 35.5. The molecule has 162 valence electrons. The Morgan fingerprint density at radius 3 is 2.41 bits per heavy atom. The third-order valence-electron chi connectivity index (χ3n) is 4.58. The summed E-state index contributed by atoms with van der Waals surface area (Å²) in [5, 5.41) is 12.8. The number of aryl methyl sites for hydroxylation is 1. The van der Waals surface area contributed by atoms with Gasteiger partial charge in [-0.1, -0.05) is 71.4 Å². The first kappa shape index (κ1) is 22.5. The smallest absolute Gasteiger partial charge is 0.234 e. The van der Waals surface area contributed by atoms with E-state index in [1.807, 2.05) is 47.0 Å². The molecule has 4 rings (SSSR count). The third-order valence-corrected chi connectivity index (χ3v) is 6.85. The molecule has 32 heavy (non-hydrogen) atoms. The van der Waals surface area contributed by atoms with Crippen molar-refractivity contribution in [3.05, 3.63) is 95.3 Å². The lowest BCUT2D eigenvalue weighted by molar-refractivity contribution is -0.113. The molecule has 0 saturated carbocycles. The molecule has 1 amide bonds. The Morgan fingerprint density at radius 2 is 1.66 bits per heavy atom. The van der Waals surface area contributed by atoms with Crippen molar-refractivity contribution in [2.45, 2.75) is 22.7 Å². The lowest BCUT2D eigenvalue weighted by Crippen LogP contribution is -2.15. The number of rotatable bonds is 8. The minimum atomic E-state index is -0.152. The molecular weight excluding hydrogens is 460 g/mol. The highest BCUT2D eigenvalue weighted by Crippen LogP contribution is 2.28. The van der Waals surface area contributed by atoms with Crippen molar-refractivity contribution in [3.63, 3.8) is 0 Å². The lowest BCUT2D eigenvalue weighted by Gasteiger charge is -2.11. The number of halogens is 1. The van der Waals surface area contributed by atoms with Gasteiger partial charge in [-0.3, -0.25) is 9.36 Å². The number of nitrogens with one attached hydrogen (secondary N) is 1. The summed E-state index contributed by atoms with van der Waals surface area (Å²) >= 11 is 9.19. The van der Waals surface area contributed by atoms with E-state index < -0.39 is 0 Å². The molecule has 0 unspecified atom stereocenters. The monoisotopic (exact) mass is 480 g/mol. The predicted octanol–water partition coefficient (Wildman–Crippen LogP) is 6.25. The largest absolute Gasteiger partial charge is 0.324 e. The highest BCUT2D eigenvalue weighted by molar-refractivity contribution is 7.99. The van der Waals surface area contributed by atoms with E-state index in [4.69, 9.17) is 11.6 Å². The number of aromatic nitrogens is 3. The first-order chi connectivity index (χ1) is 15.6. The Bertz CT molecular complexity index is 1200. The molecule has 0 radical (unpaired) electrons. The lowest BCUT2D eigenvalue weighted by atomic mass is 10.2. The highest BCUT2D eigenvalue weighted by Gasteiger charge is 2.16. The summed E-state index contributed by atoms with van der Waals surface area (Å²) < 4.78 is 2.01. The number of carbonyl (C=O) groups is 1. The van der Waals surface area contributed by atoms with Gasteiger partial charge in [-0.2, -0.15) is 0 Å². The summed E-state index contributed by atoms with van der Waals surface area (Å²) in [5.74, 6) is 1.54. The number of hydrogen-bond donors (Lipinski definition) is 1. The topological polar surface area (TPSA) is 59.8 Å². The van der Waals surface area contributed by atoms with Crippen LogP contribution in [0.5, 0.6) is 0 Å². The van der Waals surface area contributed by atoms with E-state index in [9.17, 15) is 4.79 Å². The summed E-state index contributed by atoms with van der Waals surface area (Å²) in [7, 11) is 0. The zero-order valence-electron chi connectivity index (χ0n) is 17.4. The number of benzene rings is 3. The predicted molar refractivity (Wildman–Crippen MR) is 133 cm³/mol. The van der Waals surface area contributed by atoms with Gasteiger partial charge in [0.15, 0.2) is 5.16 Å². The van der Waals surface area contributed by atoms with Crippen LogP contribution >= 0.6 is 35.1 Å². The number of thioether (sulfide) groups is 2. The average Bonchev–Trinajstić information content (AvgIpc) is 3.22. The molecule has 0 spiro atoms. The molecule has 0 atom stereocenters. The van der Waals surface area contributed by atoms with Crippen LogP contribution in [-0.2, 0) is 10.5 Å². The molecule has 0 aliphatic rings. The van der Waals surface area contributed by atoms with Gasteiger partial charge in [-0.15, -0.1) is 22.0 Å². The number of nitrogens with zero attached hydrogens (tertiary/aromatic N) is 3. The minimum absolute atomic E-state index is 0.152. The molecule has 0 fully saturated rings. The van der Waals surface area contributed by atoms with E-state index in [2.05, 4.69) is 46.7 Å². The van der Waals surface area contributed by atoms with E-state index in [1.54, 1.807) is 23.9 Å². The molecule has 0 bridgehead atoms. The summed E-state index contributed by atoms with van der Waals surface area (Å²) in [6, 6.07) is 25.5. The van der Waals surface area contributed by atoms with Crippen molar-refractivity contribution in [2.75, 3.05) is 11.1 Å². The van der Waals surface area contributed by atoms with Crippen LogP contribution in [0.4, 0.5) is 5.69 Å². The normalized spacial score (nSPS) is 10.8. The van der Waals surface area contributed by atoms with Crippen molar-refractivity contribution in [3.8, 4) is 5.69 Å². The van der Waals surface area contributed by atoms with Crippen LogP contribution in [0.25, 0.3) is 5.69 Å². The van der Waals surface area contributed by atoms with Crippen molar-refractivity contribution < 1.29 is 4.79 Å². The van der Waals surface area contributed by atoms with Gasteiger partial charge in [0.1, 0.15) is 5.82 Å². The zero-order chi connectivity index (χ0) is 22.3. The van der Waals surface area contributed by atoms with Crippen LogP contribution < -0.4 is 5.32 Å². The number of hydrogen-bond acceptors (Lipinski definition) is 5. The summed E-state index contributed by atoms with van der Waals surface area (Å²) in [6.45, 7) is 2.08. The van der Waals surface area contributed by atoms with Gasteiger partial charge in [0.25, 0.3) is 0 Å². The number of amides is 1. The Kier molecular flexibility index (Phi) is 7.52. The van der Waals surface area contributed by atoms with Gasteiger partial charge in [-0.05, 0) is 43.3 Å². The molecule has 1 aromatic heterocycles. The van der Waals surface area contributed by atoms with E-state index in [0.29, 0.717) is 21.6 Å². The van der Waals surface area contributed by atoms with Gasteiger partial charge < -0.3 is 5.32 Å². The van der Waals surface area contributed by atoms with E-state index in [1.165, 1.54) is 22.2 Å². The Morgan fingerprint density at radius 1 is 0.938 bits per heavy atom. The summed E-state index contributed by atoms with van der Waals surface area (Å²) in [6.07, 6.45) is 0. The first-order valence-electron chi connectivity index (χ1n) is 9.96. The maximum atomic E-state index is 12.5. The molecule has 3 aromatic carbocycles. The Balaban J connectivity index is 1.49. The third kappa shape index (κ3) is 5.73. The fraction of sp³-hybridized carbons (Fsp3) is 0.125. The van der Waals surface area contributed by atoms with Crippen LogP contribution in [0.3, 0.4) is 0 Å². The summed E-state index contributed by atoms with van der Waals surface area (Å²) in [5.41, 5.74) is 2.79. The number of anilines is 1. The second-order valence-electron chi connectivity index (χ2n) is 6.99. The van der Waals surface area contributed by atoms with Crippen LogP contribution in [-0.4, -0.2) is 26.4 Å². The Labute approximate surface area is 200 Å². The quantitative estimate of drug-likeness (QED) is 0.302. The molecule has 1 N–H and O–H groups in total. The standard InChI is InChI=1S/C24H21ClN4OS2/c1-17-11-13-19(14-12-17)31-15-22-27-28-24(29(22)18-7-3-2-4-8-18)32-16-23(30)26-21-10-6-5-9-20(21)25/h2-14H,15-16H2,1H3,(H,26,30). The fourth-order valence-corrected chi connectivity index (χ4v) is 4.75. The molecule has 8 heteroatoms. The molecule has 0 aliphatic heterocycles. The molecule has 4 aromatic rings. The molecule has 0 aliphatic carbocycles. The van der Waals surface area contributed by atoms with E-state index in [-0.39, 0.29) is 11.7 Å². The zero-order valence-corrected chi connectivity index (χ0v) is 19.8. The maximum absolute atomic E-state index is 12.5. The maximum Gasteiger partial charge on any atom is 0.234 e. The second-order valence-corrected chi connectivity index (χ2v) is 9.39. The SMILES string of the molecule is Cc1ccc(SCc2nnc(SCC(=O)Nc3ccccc3Cl)n2-c2ccccc2)cc1. The minimum Gasteiger partial charge on any atom is -0.324 e. The van der Waals surface area contributed by atoms with Crippen LogP contribution in [0.15, 0.2) is 88.9 Å².